The van der Waals surface area contributed by atoms with Gasteiger partial charge in [0, 0.05) is 6.07 Å². The molecule has 0 fully saturated rings. The molecular formula is C15H16N2O6S. The first-order chi connectivity index (χ1) is 11.4. The van der Waals surface area contributed by atoms with Crippen LogP contribution in [0.1, 0.15) is 48.8 Å². The number of aromatic nitrogens is 1. The molecule has 0 saturated heterocycles. The maximum Gasteiger partial charge on any atom is 0.348 e. The molecule has 0 unspecified atom stereocenters. The van der Waals surface area contributed by atoms with Crippen LogP contribution >= 0.6 is 11.3 Å². The summed E-state index contributed by atoms with van der Waals surface area (Å²) in [4.78, 5) is 36.5. The molecule has 1 N–H and O–H groups in total. The lowest BCUT2D eigenvalue weighted by molar-refractivity contribution is 0.0527. The third kappa shape index (κ3) is 3.46. The Kier molecular flexibility index (Phi) is 5.35. The fourth-order valence-electron chi connectivity index (χ4n) is 1.98. The molecule has 9 heteroatoms. The summed E-state index contributed by atoms with van der Waals surface area (Å²) in [6, 6.07) is 1.46. The minimum atomic E-state index is -0.631. The summed E-state index contributed by atoms with van der Waals surface area (Å²) in [6.07, 6.45) is 0. The number of esters is 2. The normalized spacial score (nSPS) is 10.3. The summed E-state index contributed by atoms with van der Waals surface area (Å²) in [7, 11) is 1.24. The second-order valence-corrected chi connectivity index (χ2v) is 5.77. The standard InChI is InChI=1S/C15H16N2O6S/c1-5-22-14(19)10-8(3)11(15(20)21-4)24-13(10)16-12(18)9-6-7(2)23-17-9/h6H,5H2,1-4H3,(H,16,18). The van der Waals surface area contributed by atoms with Crippen molar-refractivity contribution < 1.29 is 28.4 Å². The van der Waals surface area contributed by atoms with Gasteiger partial charge in [-0.1, -0.05) is 5.16 Å². The number of hydrogen-bond acceptors (Lipinski definition) is 8. The smallest absolute Gasteiger partial charge is 0.348 e. The molecule has 2 heterocycles. The number of nitrogens with one attached hydrogen (secondary N) is 1. The molecule has 0 bridgehead atoms. The van der Waals surface area contributed by atoms with Gasteiger partial charge in [-0.25, -0.2) is 9.59 Å². The number of rotatable bonds is 5. The summed E-state index contributed by atoms with van der Waals surface area (Å²) >= 11 is 0.937. The number of ether oxygens (including phenoxy) is 2. The van der Waals surface area contributed by atoms with Gasteiger partial charge in [-0.3, -0.25) is 4.79 Å². The van der Waals surface area contributed by atoms with E-state index >= 15 is 0 Å². The van der Waals surface area contributed by atoms with Crippen LogP contribution in [0.3, 0.4) is 0 Å². The second-order valence-electron chi connectivity index (χ2n) is 4.75. The molecule has 0 radical (unpaired) electrons. The SMILES string of the molecule is CCOC(=O)c1c(NC(=O)c2cc(C)on2)sc(C(=O)OC)c1C. The number of hydrogen-bond donors (Lipinski definition) is 1. The summed E-state index contributed by atoms with van der Waals surface area (Å²) in [5.74, 6) is -1.31. The van der Waals surface area contributed by atoms with E-state index in [1.165, 1.54) is 13.2 Å². The van der Waals surface area contributed by atoms with Gasteiger partial charge in [-0.15, -0.1) is 11.3 Å². The molecule has 0 spiro atoms. The van der Waals surface area contributed by atoms with Crippen molar-refractivity contribution in [1.82, 2.24) is 5.16 Å². The average molecular weight is 352 g/mol. The number of thiophene rings is 1. The molecule has 0 aliphatic heterocycles. The molecule has 2 aromatic heterocycles. The van der Waals surface area contributed by atoms with Crippen molar-refractivity contribution >= 4 is 34.2 Å². The topological polar surface area (TPSA) is 108 Å². The predicted octanol–water partition coefficient (Wildman–Crippen LogP) is 2.57. The molecule has 24 heavy (non-hydrogen) atoms. The van der Waals surface area contributed by atoms with Crippen LogP contribution in [0.15, 0.2) is 10.6 Å². The van der Waals surface area contributed by atoms with E-state index in [0.29, 0.717) is 11.3 Å². The maximum absolute atomic E-state index is 12.2. The van der Waals surface area contributed by atoms with Crippen LogP contribution in [0.5, 0.6) is 0 Å². The highest BCUT2D eigenvalue weighted by Crippen LogP contribution is 2.34. The lowest BCUT2D eigenvalue weighted by Crippen LogP contribution is -2.15. The van der Waals surface area contributed by atoms with Crippen molar-refractivity contribution in [3.05, 3.63) is 33.5 Å². The molecule has 2 rings (SSSR count). The molecule has 0 aromatic carbocycles. The molecule has 2 aromatic rings. The number of methoxy groups -OCH3 is 1. The van der Waals surface area contributed by atoms with Crippen LogP contribution in [0.25, 0.3) is 0 Å². The van der Waals surface area contributed by atoms with Crippen molar-refractivity contribution in [3.8, 4) is 0 Å². The van der Waals surface area contributed by atoms with Gasteiger partial charge < -0.3 is 19.3 Å². The molecule has 128 valence electrons. The van der Waals surface area contributed by atoms with Crippen molar-refractivity contribution in [2.75, 3.05) is 19.0 Å². The first-order valence-electron chi connectivity index (χ1n) is 7.02. The fourth-order valence-corrected chi connectivity index (χ4v) is 3.09. The zero-order chi connectivity index (χ0) is 17.9. The number of carbonyl (C=O) groups excluding carboxylic acids is 3. The molecule has 0 aliphatic carbocycles. The highest BCUT2D eigenvalue weighted by molar-refractivity contribution is 7.18. The third-order valence-electron chi connectivity index (χ3n) is 3.08. The summed E-state index contributed by atoms with van der Waals surface area (Å²) < 4.78 is 14.5. The van der Waals surface area contributed by atoms with Crippen LogP contribution < -0.4 is 5.32 Å². The highest BCUT2D eigenvalue weighted by Gasteiger charge is 2.27. The first kappa shape index (κ1) is 17.7. The number of anilines is 1. The molecule has 1 amide bonds. The largest absolute Gasteiger partial charge is 0.465 e. The van der Waals surface area contributed by atoms with Crippen LogP contribution in [0.4, 0.5) is 5.00 Å². The van der Waals surface area contributed by atoms with E-state index in [9.17, 15) is 14.4 Å². The lowest BCUT2D eigenvalue weighted by Gasteiger charge is -2.05. The monoisotopic (exact) mass is 352 g/mol. The fraction of sp³-hybridized carbons (Fsp3) is 0.333. The van der Waals surface area contributed by atoms with Gasteiger partial charge in [0.05, 0.1) is 19.3 Å². The second kappa shape index (κ2) is 7.26. The Morgan fingerprint density at radius 2 is 2.00 bits per heavy atom. The first-order valence-corrected chi connectivity index (χ1v) is 7.84. The Hall–Kier alpha value is -2.68. The molecule has 0 aliphatic rings. The lowest BCUT2D eigenvalue weighted by atomic mass is 10.1. The number of aryl methyl sites for hydroxylation is 1. The Morgan fingerprint density at radius 3 is 2.54 bits per heavy atom. The van der Waals surface area contributed by atoms with E-state index < -0.39 is 17.8 Å². The minimum absolute atomic E-state index is 0.0629. The van der Waals surface area contributed by atoms with Crippen molar-refractivity contribution in [1.29, 1.82) is 0 Å². The minimum Gasteiger partial charge on any atom is -0.465 e. The Balaban J connectivity index is 2.41. The van der Waals surface area contributed by atoms with E-state index in [4.69, 9.17) is 14.0 Å². The summed E-state index contributed by atoms with van der Waals surface area (Å²) in [5.41, 5.74) is 0.570. The number of nitrogens with zero attached hydrogens (tertiary/aromatic N) is 1. The zero-order valence-electron chi connectivity index (χ0n) is 13.6. The van der Waals surface area contributed by atoms with Gasteiger partial charge in [0.1, 0.15) is 15.6 Å². The van der Waals surface area contributed by atoms with Gasteiger partial charge in [0.15, 0.2) is 5.69 Å². The Bertz CT molecular complexity index is 792. The average Bonchev–Trinajstić information content (AvgIpc) is 3.10. The predicted molar refractivity (Wildman–Crippen MR) is 85.5 cm³/mol. The quantitative estimate of drug-likeness (QED) is 0.824. The van der Waals surface area contributed by atoms with Gasteiger partial charge in [-0.2, -0.15) is 0 Å². The van der Waals surface area contributed by atoms with E-state index in [1.54, 1.807) is 20.8 Å². The number of carbonyl (C=O) groups is 3. The van der Waals surface area contributed by atoms with Crippen molar-refractivity contribution in [2.45, 2.75) is 20.8 Å². The van der Waals surface area contributed by atoms with Crippen LogP contribution in [-0.2, 0) is 9.47 Å². The van der Waals surface area contributed by atoms with Crippen molar-refractivity contribution in [3.63, 3.8) is 0 Å². The zero-order valence-corrected chi connectivity index (χ0v) is 14.4. The summed E-state index contributed by atoms with van der Waals surface area (Å²) in [6.45, 7) is 5.07. The van der Waals surface area contributed by atoms with Crippen LogP contribution in [0, 0.1) is 13.8 Å². The Labute approximate surface area is 141 Å². The van der Waals surface area contributed by atoms with E-state index in [-0.39, 0.29) is 27.7 Å². The molecular weight excluding hydrogens is 336 g/mol. The van der Waals surface area contributed by atoms with Gasteiger partial charge in [0.2, 0.25) is 0 Å². The van der Waals surface area contributed by atoms with E-state index in [1.807, 2.05) is 0 Å². The van der Waals surface area contributed by atoms with Gasteiger partial charge in [-0.05, 0) is 26.3 Å². The maximum atomic E-state index is 12.2. The van der Waals surface area contributed by atoms with E-state index in [2.05, 4.69) is 10.5 Å². The van der Waals surface area contributed by atoms with Crippen molar-refractivity contribution in [2.24, 2.45) is 0 Å². The molecule has 0 atom stereocenters. The Morgan fingerprint density at radius 1 is 1.29 bits per heavy atom. The van der Waals surface area contributed by atoms with E-state index in [0.717, 1.165) is 11.3 Å². The van der Waals surface area contributed by atoms with Gasteiger partial charge in [0.25, 0.3) is 5.91 Å². The van der Waals surface area contributed by atoms with Crippen LogP contribution in [-0.4, -0.2) is 36.7 Å². The van der Waals surface area contributed by atoms with Gasteiger partial charge >= 0.3 is 11.9 Å². The molecule has 0 saturated carbocycles. The highest BCUT2D eigenvalue weighted by atomic mass is 32.1. The molecule has 8 nitrogen and oxygen atoms in total. The summed E-state index contributed by atoms with van der Waals surface area (Å²) in [5, 5.41) is 6.37. The van der Waals surface area contributed by atoms with Crippen LogP contribution in [0.2, 0.25) is 0 Å². The third-order valence-corrected chi connectivity index (χ3v) is 4.27. The number of amides is 1.